The van der Waals surface area contributed by atoms with Gasteiger partial charge in [0.25, 0.3) is 0 Å². The molecule has 0 bridgehead atoms. The van der Waals surface area contributed by atoms with Gasteiger partial charge < -0.3 is 24.8 Å². The number of benzene rings is 1. The van der Waals surface area contributed by atoms with Crippen LogP contribution >= 0.6 is 0 Å². The predicted molar refractivity (Wildman–Crippen MR) is 154 cm³/mol. The summed E-state index contributed by atoms with van der Waals surface area (Å²) in [6.07, 6.45) is 2.48. The number of morpholine rings is 1. The Morgan fingerprint density at radius 2 is 1.97 bits per heavy atom. The molecule has 4 saturated heterocycles. The first kappa shape index (κ1) is 23.4. The smallest absolute Gasteiger partial charge is 0.131 e. The number of nitrogens with one attached hydrogen (secondary N) is 1. The summed E-state index contributed by atoms with van der Waals surface area (Å²) in [6, 6.07) is 13.3. The standard InChI is InChI=1S/C30H36N8O/c1-20-12-23(36-18-26-28(19-36)39-11-8-32-26)14-34-30(20)35-9-10-38-21(2)15-37(17-24(38)16-35)27-6-5-22(13-31)29-25(27)4-3-7-33-29/h3-7,12,14,21,24,26,28,32H,8-11,15-19H2,1-2H3/t21-,24+,26-,28-/m1/s1/i7D. The van der Waals surface area contributed by atoms with Crippen molar-refractivity contribution >= 4 is 28.1 Å². The maximum atomic E-state index is 9.62. The van der Waals surface area contributed by atoms with Gasteiger partial charge in [0, 0.05) is 81.7 Å². The number of nitrogens with zero attached hydrogens (tertiary/aromatic N) is 7. The number of piperazine rings is 2. The molecule has 0 unspecified atom stereocenters. The van der Waals surface area contributed by atoms with Crippen LogP contribution < -0.4 is 20.0 Å². The molecule has 1 N–H and O–H groups in total. The lowest BCUT2D eigenvalue weighted by Gasteiger charge is -2.51. The van der Waals surface area contributed by atoms with Gasteiger partial charge in [-0.15, -0.1) is 0 Å². The van der Waals surface area contributed by atoms with E-state index in [0.29, 0.717) is 29.2 Å². The molecule has 39 heavy (non-hydrogen) atoms. The summed E-state index contributed by atoms with van der Waals surface area (Å²) < 4.78 is 13.9. The van der Waals surface area contributed by atoms with Gasteiger partial charge in [-0.3, -0.25) is 9.88 Å². The zero-order valence-corrected chi connectivity index (χ0v) is 22.7. The van der Waals surface area contributed by atoms with E-state index in [1.807, 2.05) is 18.3 Å². The average Bonchev–Trinajstić information content (AvgIpc) is 3.40. The monoisotopic (exact) mass is 525 g/mol. The molecular weight excluding hydrogens is 488 g/mol. The lowest BCUT2D eigenvalue weighted by Crippen LogP contribution is -2.65. The van der Waals surface area contributed by atoms with Gasteiger partial charge in [-0.25, -0.2) is 4.98 Å². The summed E-state index contributed by atoms with van der Waals surface area (Å²) in [5.74, 6) is 1.08. The summed E-state index contributed by atoms with van der Waals surface area (Å²) in [5, 5.41) is 14.2. The minimum Gasteiger partial charge on any atom is -0.373 e. The Morgan fingerprint density at radius 1 is 1.08 bits per heavy atom. The van der Waals surface area contributed by atoms with Crippen LogP contribution in [0.15, 0.2) is 42.7 Å². The van der Waals surface area contributed by atoms with E-state index >= 15 is 0 Å². The predicted octanol–water partition coefficient (Wildman–Crippen LogP) is 2.39. The molecule has 3 aromatic rings. The number of aryl methyl sites for hydroxylation is 1. The van der Waals surface area contributed by atoms with E-state index in [-0.39, 0.29) is 12.3 Å². The molecule has 4 atom stereocenters. The van der Waals surface area contributed by atoms with E-state index in [4.69, 9.17) is 11.1 Å². The number of hydrogen-bond donors (Lipinski definition) is 1. The van der Waals surface area contributed by atoms with Crippen molar-refractivity contribution in [1.29, 1.82) is 5.26 Å². The van der Waals surface area contributed by atoms with Gasteiger partial charge in [0.1, 0.15) is 11.9 Å². The number of fused-ring (bicyclic) bond motifs is 3. The molecule has 2 aromatic heterocycles. The van der Waals surface area contributed by atoms with Crippen LogP contribution in [0.3, 0.4) is 0 Å². The Hall–Kier alpha value is -3.45. The van der Waals surface area contributed by atoms with Gasteiger partial charge in [-0.1, -0.05) is 0 Å². The van der Waals surface area contributed by atoms with Crippen molar-refractivity contribution in [2.45, 2.75) is 38.1 Å². The number of rotatable bonds is 3. The Labute approximate surface area is 231 Å². The van der Waals surface area contributed by atoms with Crippen LogP contribution in [0.5, 0.6) is 0 Å². The van der Waals surface area contributed by atoms with E-state index in [1.165, 1.54) is 11.3 Å². The van der Waals surface area contributed by atoms with E-state index in [9.17, 15) is 5.26 Å². The zero-order chi connectivity index (χ0) is 27.4. The van der Waals surface area contributed by atoms with E-state index in [1.54, 1.807) is 6.07 Å². The highest BCUT2D eigenvalue weighted by molar-refractivity contribution is 5.95. The third-order valence-corrected chi connectivity index (χ3v) is 8.97. The topological polar surface area (TPSA) is 83.8 Å². The maximum Gasteiger partial charge on any atom is 0.131 e. The lowest BCUT2D eigenvalue weighted by atomic mass is 10.0. The zero-order valence-electron chi connectivity index (χ0n) is 23.7. The third kappa shape index (κ3) is 4.37. The van der Waals surface area contributed by atoms with Crippen molar-refractivity contribution in [1.82, 2.24) is 20.2 Å². The first-order chi connectivity index (χ1) is 19.5. The molecule has 9 heteroatoms. The van der Waals surface area contributed by atoms with Crippen LogP contribution in [-0.4, -0.2) is 98.1 Å². The molecule has 0 radical (unpaired) electrons. The maximum absolute atomic E-state index is 9.62. The van der Waals surface area contributed by atoms with Gasteiger partial charge in [-0.05, 0) is 49.7 Å². The fraction of sp³-hybridized carbons (Fsp3) is 0.500. The molecular formula is C30H36N8O. The largest absolute Gasteiger partial charge is 0.373 e. The van der Waals surface area contributed by atoms with Gasteiger partial charge in [0.15, 0.2) is 0 Å². The van der Waals surface area contributed by atoms with Crippen LogP contribution in [0.1, 0.15) is 19.4 Å². The Kier molecular flexibility index (Phi) is 5.97. The molecule has 0 amide bonds. The molecule has 1 aromatic carbocycles. The second-order valence-electron chi connectivity index (χ2n) is 11.4. The number of pyridine rings is 2. The fourth-order valence-corrected chi connectivity index (χ4v) is 7.09. The van der Waals surface area contributed by atoms with Gasteiger partial charge in [0.05, 0.1) is 43.1 Å². The third-order valence-electron chi connectivity index (χ3n) is 8.97. The first-order valence-electron chi connectivity index (χ1n) is 14.6. The molecule has 0 spiro atoms. The minimum absolute atomic E-state index is 0.184. The van der Waals surface area contributed by atoms with Crippen LogP contribution in [0, 0.1) is 18.3 Å². The highest BCUT2D eigenvalue weighted by Crippen LogP contribution is 2.33. The Bertz CT molecular complexity index is 1460. The minimum atomic E-state index is 0.184. The second-order valence-corrected chi connectivity index (χ2v) is 11.4. The Balaban J connectivity index is 1.10. The van der Waals surface area contributed by atoms with E-state index in [2.05, 4.69) is 61.9 Å². The molecule has 0 saturated carbocycles. The number of anilines is 3. The molecule has 4 fully saturated rings. The van der Waals surface area contributed by atoms with Crippen molar-refractivity contribution < 1.29 is 6.11 Å². The molecule has 202 valence electrons. The van der Waals surface area contributed by atoms with E-state index < -0.39 is 0 Å². The van der Waals surface area contributed by atoms with Crippen LogP contribution in [0.2, 0.25) is 0 Å². The molecule has 9 nitrogen and oxygen atoms in total. The SMILES string of the molecule is [2H]c1ccc2c(N3C[C@@H]4CN(c5ncc(N6C[C@H]7NCCO[C@@H]7C6)cc5C)CCN4[C@H](C)C3)ccc(C#N)c2n1. The van der Waals surface area contributed by atoms with E-state index in [0.717, 1.165) is 75.9 Å². The van der Waals surface area contributed by atoms with Gasteiger partial charge in [0.2, 0.25) is 0 Å². The van der Waals surface area contributed by atoms with Crippen molar-refractivity contribution in [2.24, 2.45) is 0 Å². The van der Waals surface area contributed by atoms with Gasteiger partial charge >= 0.3 is 0 Å². The summed E-state index contributed by atoms with van der Waals surface area (Å²) in [5.41, 5.74) is 4.62. The number of nitriles is 1. The Morgan fingerprint density at radius 3 is 2.82 bits per heavy atom. The van der Waals surface area contributed by atoms with Crippen molar-refractivity contribution in [3.63, 3.8) is 0 Å². The number of ether oxygens (including phenoxy) is 1. The first-order valence-corrected chi connectivity index (χ1v) is 14.1. The quantitative estimate of drug-likeness (QED) is 0.554. The molecule has 4 aliphatic heterocycles. The van der Waals surface area contributed by atoms with Crippen molar-refractivity contribution in [3.05, 3.63) is 53.8 Å². The highest BCUT2D eigenvalue weighted by Gasteiger charge is 2.38. The number of aromatic nitrogens is 2. The fourth-order valence-electron chi connectivity index (χ4n) is 7.09. The van der Waals surface area contributed by atoms with Crippen LogP contribution in [-0.2, 0) is 4.74 Å². The number of hydrogen-bond acceptors (Lipinski definition) is 9. The average molecular weight is 526 g/mol. The van der Waals surface area contributed by atoms with Crippen LogP contribution in [0.4, 0.5) is 17.2 Å². The molecule has 0 aliphatic carbocycles. The molecule has 4 aliphatic rings. The molecule has 7 rings (SSSR count). The summed E-state index contributed by atoms with van der Waals surface area (Å²) >= 11 is 0. The van der Waals surface area contributed by atoms with Crippen molar-refractivity contribution in [3.8, 4) is 6.07 Å². The summed E-state index contributed by atoms with van der Waals surface area (Å²) in [6.45, 7) is 12.8. The lowest BCUT2D eigenvalue weighted by molar-refractivity contribution is 0.0212. The van der Waals surface area contributed by atoms with Gasteiger partial charge in [-0.2, -0.15) is 5.26 Å². The highest BCUT2D eigenvalue weighted by atomic mass is 16.5. The second kappa shape index (κ2) is 9.94. The molecule has 6 heterocycles. The normalized spacial score (nSPS) is 27.7. The summed E-state index contributed by atoms with van der Waals surface area (Å²) in [7, 11) is 0. The van der Waals surface area contributed by atoms with Crippen molar-refractivity contribution in [2.75, 3.05) is 73.7 Å². The summed E-state index contributed by atoms with van der Waals surface area (Å²) in [4.78, 5) is 19.3. The van der Waals surface area contributed by atoms with Crippen LogP contribution in [0.25, 0.3) is 10.9 Å².